The molecular formula is C19H26N2O2S. The van der Waals surface area contributed by atoms with Gasteiger partial charge in [-0.15, -0.1) is 11.8 Å². The number of hydrogen-bond donors (Lipinski definition) is 1. The van der Waals surface area contributed by atoms with Crippen molar-refractivity contribution >= 4 is 23.6 Å². The molecular weight excluding hydrogens is 320 g/mol. The van der Waals surface area contributed by atoms with E-state index in [-0.39, 0.29) is 23.8 Å². The maximum Gasteiger partial charge on any atom is 0.243 e. The van der Waals surface area contributed by atoms with Crippen molar-refractivity contribution in [3.05, 3.63) is 35.4 Å². The van der Waals surface area contributed by atoms with Crippen LogP contribution in [0.4, 0.5) is 0 Å². The highest BCUT2D eigenvalue weighted by Gasteiger charge is 2.38. The Labute approximate surface area is 148 Å². The molecule has 1 saturated heterocycles. The van der Waals surface area contributed by atoms with Crippen LogP contribution in [0.3, 0.4) is 0 Å². The molecule has 1 heterocycles. The van der Waals surface area contributed by atoms with Gasteiger partial charge in [0, 0.05) is 18.2 Å². The highest BCUT2D eigenvalue weighted by atomic mass is 32.2. The molecule has 1 unspecified atom stereocenters. The molecule has 0 spiro atoms. The number of rotatable bonds is 5. The molecule has 1 N–H and O–H groups in total. The fraction of sp³-hybridized carbons (Fsp3) is 0.579. The second-order valence-electron chi connectivity index (χ2n) is 6.84. The lowest BCUT2D eigenvalue weighted by Gasteiger charge is -2.25. The van der Waals surface area contributed by atoms with Crippen LogP contribution in [0.15, 0.2) is 24.3 Å². The Kier molecular flexibility index (Phi) is 5.82. The Morgan fingerprint density at radius 2 is 2.08 bits per heavy atom. The van der Waals surface area contributed by atoms with Crippen molar-refractivity contribution in [3.63, 3.8) is 0 Å². The predicted molar refractivity (Wildman–Crippen MR) is 97.8 cm³/mol. The van der Waals surface area contributed by atoms with E-state index in [1.165, 1.54) is 11.1 Å². The van der Waals surface area contributed by atoms with E-state index in [2.05, 4.69) is 30.4 Å². The lowest BCUT2D eigenvalue weighted by atomic mass is 10.1. The third-order valence-corrected chi connectivity index (χ3v) is 5.98. The van der Waals surface area contributed by atoms with Gasteiger partial charge < -0.3 is 10.2 Å². The molecule has 1 aliphatic carbocycles. The number of nitrogens with zero attached hydrogens (tertiary/aromatic N) is 1. The summed E-state index contributed by atoms with van der Waals surface area (Å²) in [4.78, 5) is 26.9. The smallest absolute Gasteiger partial charge is 0.243 e. The minimum absolute atomic E-state index is 0.000926. The van der Waals surface area contributed by atoms with Crippen molar-refractivity contribution < 1.29 is 9.59 Å². The Hall–Kier alpha value is -1.49. The van der Waals surface area contributed by atoms with Gasteiger partial charge in [-0.1, -0.05) is 42.7 Å². The summed E-state index contributed by atoms with van der Waals surface area (Å²) in [5.41, 5.74) is 2.47. The largest absolute Gasteiger partial charge is 0.354 e. The zero-order chi connectivity index (χ0) is 16.9. The Morgan fingerprint density at radius 1 is 1.29 bits per heavy atom. The number of hydrogen-bond acceptors (Lipinski definition) is 3. The van der Waals surface area contributed by atoms with Crippen molar-refractivity contribution in [1.82, 2.24) is 10.2 Å². The summed E-state index contributed by atoms with van der Waals surface area (Å²) >= 11 is 1.68. The molecule has 2 aliphatic rings. The van der Waals surface area contributed by atoms with Gasteiger partial charge in [0.1, 0.15) is 6.04 Å². The van der Waals surface area contributed by atoms with Crippen LogP contribution in [0.2, 0.25) is 0 Å². The second-order valence-corrected chi connectivity index (χ2v) is 7.83. The number of nitrogens with one attached hydrogen (secondary N) is 1. The highest BCUT2D eigenvalue weighted by molar-refractivity contribution is 7.99. The Morgan fingerprint density at radius 3 is 2.83 bits per heavy atom. The normalized spacial score (nSPS) is 21.2. The number of thioether (sulfide) groups is 1. The summed E-state index contributed by atoms with van der Waals surface area (Å²) in [6.45, 7) is 2.69. The molecule has 2 amide bonds. The summed E-state index contributed by atoms with van der Waals surface area (Å²) in [6.07, 6.45) is 5.09. The van der Waals surface area contributed by atoms with Gasteiger partial charge in [-0.05, 0) is 31.7 Å². The number of carbonyl (C=O) groups is 2. The Bertz CT molecular complexity index is 599. The highest BCUT2D eigenvalue weighted by Crippen LogP contribution is 2.30. The molecule has 24 heavy (non-hydrogen) atoms. The van der Waals surface area contributed by atoms with Gasteiger partial charge >= 0.3 is 0 Å². The van der Waals surface area contributed by atoms with E-state index in [1.54, 1.807) is 11.8 Å². The minimum Gasteiger partial charge on any atom is -0.354 e. The first-order valence-electron chi connectivity index (χ1n) is 8.86. The fourth-order valence-electron chi connectivity index (χ4n) is 3.60. The first kappa shape index (κ1) is 17.3. The van der Waals surface area contributed by atoms with Gasteiger partial charge in [0.15, 0.2) is 0 Å². The van der Waals surface area contributed by atoms with Crippen LogP contribution >= 0.6 is 11.8 Å². The topological polar surface area (TPSA) is 49.4 Å². The van der Waals surface area contributed by atoms with Crippen LogP contribution in [-0.4, -0.2) is 40.9 Å². The molecule has 130 valence electrons. The molecule has 1 aromatic carbocycles. The summed E-state index contributed by atoms with van der Waals surface area (Å²) in [5.74, 6) is 1.71. The van der Waals surface area contributed by atoms with E-state index in [0.29, 0.717) is 12.4 Å². The standard InChI is InChI=1S/C19H26N2O2S/c1-14-5-4-6-15(11-14)9-10-20-18(22)17-12-24-13-21(17)19(23)16-7-2-3-8-16/h4-6,11,16-17H,2-3,7-10,12-13H2,1H3,(H,20,22). The molecule has 2 fully saturated rings. The van der Waals surface area contributed by atoms with Crippen LogP contribution in [0, 0.1) is 12.8 Å². The van der Waals surface area contributed by atoms with E-state index in [9.17, 15) is 9.59 Å². The third-order valence-electron chi connectivity index (χ3n) is 4.97. The molecule has 1 aliphatic heterocycles. The van der Waals surface area contributed by atoms with Crippen molar-refractivity contribution in [2.45, 2.75) is 45.1 Å². The average Bonchev–Trinajstić information content (AvgIpc) is 3.26. The second kappa shape index (κ2) is 8.06. The SMILES string of the molecule is Cc1cccc(CCNC(=O)C2CSCN2C(=O)C2CCCC2)c1. The van der Waals surface area contributed by atoms with Crippen molar-refractivity contribution in [1.29, 1.82) is 0 Å². The minimum atomic E-state index is -0.291. The lowest BCUT2D eigenvalue weighted by molar-refractivity contribution is -0.141. The Balaban J connectivity index is 1.51. The molecule has 0 aromatic heterocycles. The lowest BCUT2D eigenvalue weighted by Crippen LogP contribution is -2.49. The zero-order valence-electron chi connectivity index (χ0n) is 14.3. The van der Waals surface area contributed by atoms with E-state index >= 15 is 0 Å². The average molecular weight is 346 g/mol. The summed E-state index contributed by atoms with van der Waals surface area (Å²) < 4.78 is 0. The zero-order valence-corrected chi connectivity index (χ0v) is 15.1. The van der Waals surface area contributed by atoms with Crippen LogP contribution in [0.5, 0.6) is 0 Å². The monoisotopic (exact) mass is 346 g/mol. The van der Waals surface area contributed by atoms with Crippen LogP contribution < -0.4 is 5.32 Å². The molecule has 5 heteroatoms. The van der Waals surface area contributed by atoms with Crippen LogP contribution in [0.25, 0.3) is 0 Å². The van der Waals surface area contributed by atoms with E-state index in [4.69, 9.17) is 0 Å². The third kappa shape index (κ3) is 4.12. The molecule has 1 aromatic rings. The van der Waals surface area contributed by atoms with Crippen molar-refractivity contribution in [2.75, 3.05) is 18.2 Å². The van der Waals surface area contributed by atoms with E-state index in [0.717, 1.165) is 37.9 Å². The summed E-state index contributed by atoms with van der Waals surface area (Å²) in [6, 6.07) is 8.06. The molecule has 0 bridgehead atoms. The van der Waals surface area contributed by atoms with Gasteiger partial charge in [0.25, 0.3) is 0 Å². The number of benzene rings is 1. The maximum absolute atomic E-state index is 12.6. The van der Waals surface area contributed by atoms with Crippen molar-refractivity contribution in [3.8, 4) is 0 Å². The number of aryl methyl sites for hydroxylation is 1. The molecule has 1 saturated carbocycles. The van der Waals surface area contributed by atoms with E-state index < -0.39 is 0 Å². The summed E-state index contributed by atoms with van der Waals surface area (Å²) in [7, 11) is 0. The molecule has 3 rings (SSSR count). The quantitative estimate of drug-likeness (QED) is 0.892. The molecule has 0 radical (unpaired) electrons. The summed E-state index contributed by atoms with van der Waals surface area (Å²) in [5, 5.41) is 3.02. The molecule has 4 nitrogen and oxygen atoms in total. The van der Waals surface area contributed by atoms with Crippen LogP contribution in [0.1, 0.15) is 36.8 Å². The van der Waals surface area contributed by atoms with Gasteiger partial charge in [0.2, 0.25) is 11.8 Å². The fourth-order valence-corrected chi connectivity index (χ4v) is 4.76. The van der Waals surface area contributed by atoms with Gasteiger partial charge in [-0.25, -0.2) is 0 Å². The predicted octanol–water partition coefficient (Wildman–Crippen LogP) is 2.75. The number of amides is 2. The first-order chi connectivity index (χ1) is 11.6. The van der Waals surface area contributed by atoms with Gasteiger partial charge in [0.05, 0.1) is 5.88 Å². The van der Waals surface area contributed by atoms with Gasteiger partial charge in [-0.2, -0.15) is 0 Å². The first-order valence-corrected chi connectivity index (χ1v) is 10.0. The number of carbonyl (C=O) groups excluding carboxylic acids is 2. The molecule has 1 atom stereocenters. The van der Waals surface area contributed by atoms with Crippen LogP contribution in [-0.2, 0) is 16.0 Å². The maximum atomic E-state index is 12.6. The van der Waals surface area contributed by atoms with E-state index in [1.807, 2.05) is 11.0 Å². The van der Waals surface area contributed by atoms with Gasteiger partial charge in [-0.3, -0.25) is 9.59 Å². The van der Waals surface area contributed by atoms with Crippen molar-refractivity contribution in [2.24, 2.45) is 5.92 Å².